The second kappa shape index (κ2) is 15.9. The van der Waals surface area contributed by atoms with Crippen molar-refractivity contribution in [3.63, 3.8) is 0 Å². The molecule has 51 heavy (non-hydrogen) atoms. The van der Waals surface area contributed by atoms with Gasteiger partial charge in [-0.05, 0) is 84.1 Å². The number of carboxylic acid groups (broad SMARTS) is 1. The molecule has 6 rings (SSSR count). The van der Waals surface area contributed by atoms with E-state index >= 15 is 0 Å². The van der Waals surface area contributed by atoms with Gasteiger partial charge in [-0.25, -0.2) is 9.97 Å². The number of carbonyl (C=O) groups is 3. The summed E-state index contributed by atoms with van der Waals surface area (Å²) in [7, 11) is 0. The van der Waals surface area contributed by atoms with E-state index in [1.807, 2.05) is 48.8 Å². The van der Waals surface area contributed by atoms with Crippen LogP contribution in [0.5, 0.6) is 0 Å². The Hall–Kier alpha value is -4.33. The first-order valence-corrected chi connectivity index (χ1v) is 19.0. The monoisotopic (exact) mass is 690 g/mol. The predicted molar refractivity (Wildman–Crippen MR) is 201 cm³/mol. The van der Waals surface area contributed by atoms with E-state index in [2.05, 4.69) is 39.1 Å². The fraction of sp³-hybridized carbons (Fsp3) is 0.512. The van der Waals surface area contributed by atoms with E-state index in [9.17, 15) is 19.5 Å². The number of nitrogens with zero attached hydrogens (tertiary/aromatic N) is 3. The van der Waals surface area contributed by atoms with E-state index in [1.165, 1.54) is 55.4 Å². The fourth-order valence-electron chi connectivity index (χ4n) is 8.17. The van der Waals surface area contributed by atoms with Crippen molar-refractivity contribution >= 4 is 23.4 Å². The molecule has 2 N–H and O–H groups in total. The van der Waals surface area contributed by atoms with Crippen LogP contribution in [0.1, 0.15) is 113 Å². The molecule has 2 fully saturated rings. The first kappa shape index (κ1) is 36.5. The van der Waals surface area contributed by atoms with Gasteiger partial charge in [0.2, 0.25) is 5.91 Å². The zero-order valence-electron chi connectivity index (χ0n) is 30.7. The number of amides is 2. The molecule has 0 spiro atoms. The molecule has 1 aromatic heterocycles. The van der Waals surface area contributed by atoms with Crippen LogP contribution >= 0.6 is 0 Å². The van der Waals surface area contributed by atoms with Crippen LogP contribution in [0.2, 0.25) is 0 Å². The van der Waals surface area contributed by atoms with E-state index in [-0.39, 0.29) is 36.7 Å². The number of nitrogens with one attached hydrogen (secondary N) is 1. The summed E-state index contributed by atoms with van der Waals surface area (Å²) in [5, 5.41) is 12.3. The predicted octanol–water partition coefficient (Wildman–Crippen LogP) is 8.12. The van der Waals surface area contributed by atoms with Gasteiger partial charge in [-0.2, -0.15) is 0 Å². The Labute approximate surface area is 303 Å². The Morgan fingerprint density at radius 1 is 0.882 bits per heavy atom. The molecule has 2 atom stereocenters. The summed E-state index contributed by atoms with van der Waals surface area (Å²) < 4.78 is 0. The highest BCUT2D eigenvalue weighted by atomic mass is 16.4. The van der Waals surface area contributed by atoms with Crippen molar-refractivity contribution in [3.05, 3.63) is 89.3 Å². The first-order valence-electron chi connectivity index (χ1n) is 19.0. The van der Waals surface area contributed by atoms with Gasteiger partial charge in [0.05, 0.1) is 5.92 Å². The molecule has 8 heteroatoms. The smallest absolute Gasteiger partial charge is 0.310 e. The van der Waals surface area contributed by atoms with E-state index in [0.717, 1.165) is 52.8 Å². The average Bonchev–Trinajstić information content (AvgIpc) is 3.11. The molecule has 8 nitrogen and oxygen atoms in total. The maximum atomic E-state index is 13.5. The van der Waals surface area contributed by atoms with Gasteiger partial charge in [-0.3, -0.25) is 14.4 Å². The van der Waals surface area contributed by atoms with Gasteiger partial charge in [0.1, 0.15) is 6.04 Å². The zero-order chi connectivity index (χ0) is 36.1. The quantitative estimate of drug-likeness (QED) is 0.210. The van der Waals surface area contributed by atoms with Crippen LogP contribution in [0, 0.1) is 23.7 Å². The highest BCUT2D eigenvalue weighted by Gasteiger charge is 2.39. The highest BCUT2D eigenvalue weighted by molar-refractivity contribution is 5.98. The van der Waals surface area contributed by atoms with Crippen molar-refractivity contribution in [1.82, 2.24) is 20.2 Å². The van der Waals surface area contributed by atoms with Crippen LogP contribution in [0.25, 0.3) is 17.0 Å². The van der Waals surface area contributed by atoms with E-state index in [1.54, 1.807) is 12.1 Å². The Morgan fingerprint density at radius 3 is 2.12 bits per heavy atom. The summed E-state index contributed by atoms with van der Waals surface area (Å²) in [6, 6.07) is 14.4. The molecule has 2 aromatic carbocycles. The van der Waals surface area contributed by atoms with Crippen molar-refractivity contribution in [2.75, 3.05) is 13.1 Å². The van der Waals surface area contributed by atoms with Crippen LogP contribution < -0.4 is 5.32 Å². The first-order chi connectivity index (χ1) is 24.5. The molecule has 2 amide bonds. The van der Waals surface area contributed by atoms with Crippen LogP contribution in [-0.2, 0) is 21.4 Å². The normalized spacial score (nSPS) is 21.7. The summed E-state index contributed by atoms with van der Waals surface area (Å²) in [6.45, 7) is 8.94. The number of carboxylic acids is 1. The number of aromatic nitrogens is 2. The maximum Gasteiger partial charge on any atom is 0.310 e. The number of rotatable bonds is 11. The molecular formula is C43H54N4O4. The van der Waals surface area contributed by atoms with Gasteiger partial charge in [0, 0.05) is 48.6 Å². The molecule has 2 aliphatic carbocycles. The fourth-order valence-corrected chi connectivity index (χ4v) is 8.17. The Balaban J connectivity index is 1.08. The Kier molecular flexibility index (Phi) is 11.4. The lowest BCUT2D eigenvalue weighted by Crippen LogP contribution is -2.59. The second-order valence-electron chi connectivity index (χ2n) is 16.2. The minimum absolute atomic E-state index is 0.0472. The van der Waals surface area contributed by atoms with E-state index < -0.39 is 17.9 Å². The van der Waals surface area contributed by atoms with Crippen molar-refractivity contribution in [2.45, 2.75) is 103 Å². The number of allylic oxidation sites excluding steroid dienone is 2. The third kappa shape index (κ3) is 8.95. The van der Waals surface area contributed by atoms with Crippen LogP contribution in [0.3, 0.4) is 0 Å². The molecule has 0 unspecified atom stereocenters. The standard InChI is InChI=1S/C43H54N4O4/c1-5-6-28-7-11-30(12-8-28)31-15-17-32(18-16-31)35-24-44-39(45-25-35)33-13-9-29(10-14-33)23-38(41(49)47-26-36(27-47)42(50)51)46-40(48)34-19-21-37(22-20-34)43(2,3)4/h9-10,13-14,17,19-22,24-25,28,30-31,36,38H,5-8,11-12,15-16,18,23,26-27H2,1-4H3,(H,46,48)(H,50,51)/t28?,30?,31-,38-/m0/s1. The van der Waals surface area contributed by atoms with Gasteiger partial charge in [0.25, 0.3) is 5.91 Å². The van der Waals surface area contributed by atoms with E-state index in [0.29, 0.717) is 11.4 Å². The Morgan fingerprint density at radius 2 is 1.55 bits per heavy atom. The number of aliphatic carboxylic acids is 1. The largest absolute Gasteiger partial charge is 0.481 e. The summed E-state index contributed by atoms with van der Waals surface area (Å²) in [6.07, 6.45) is 18.4. The van der Waals surface area contributed by atoms with Crippen LogP contribution in [-0.4, -0.2) is 56.9 Å². The van der Waals surface area contributed by atoms with Crippen molar-refractivity contribution in [1.29, 1.82) is 0 Å². The topological polar surface area (TPSA) is 112 Å². The average molecular weight is 691 g/mol. The number of likely N-dealkylation sites (tertiary alicyclic amines) is 1. The molecule has 2 heterocycles. The minimum atomic E-state index is -0.913. The molecule has 0 bridgehead atoms. The van der Waals surface area contributed by atoms with Gasteiger partial charge >= 0.3 is 5.97 Å². The van der Waals surface area contributed by atoms with Crippen LogP contribution in [0.15, 0.2) is 67.0 Å². The maximum absolute atomic E-state index is 13.5. The lowest BCUT2D eigenvalue weighted by molar-refractivity contribution is -0.153. The molecule has 0 radical (unpaired) electrons. The number of hydrogen-bond acceptors (Lipinski definition) is 5. The van der Waals surface area contributed by atoms with Gasteiger partial charge < -0.3 is 15.3 Å². The molecule has 1 saturated heterocycles. The summed E-state index contributed by atoms with van der Waals surface area (Å²) in [5.74, 6) is 1.18. The second-order valence-corrected chi connectivity index (χ2v) is 16.2. The molecule has 270 valence electrons. The van der Waals surface area contributed by atoms with Crippen molar-refractivity contribution < 1.29 is 19.5 Å². The molecule has 1 aliphatic heterocycles. The number of carbonyl (C=O) groups excluding carboxylic acids is 2. The molecular weight excluding hydrogens is 636 g/mol. The lowest BCUT2D eigenvalue weighted by atomic mass is 9.70. The van der Waals surface area contributed by atoms with E-state index in [4.69, 9.17) is 9.97 Å². The van der Waals surface area contributed by atoms with Gasteiger partial charge in [-0.1, -0.05) is 95.9 Å². The molecule has 1 saturated carbocycles. The van der Waals surface area contributed by atoms with Gasteiger partial charge in [0.15, 0.2) is 5.82 Å². The van der Waals surface area contributed by atoms with Crippen molar-refractivity contribution in [2.24, 2.45) is 23.7 Å². The lowest BCUT2D eigenvalue weighted by Gasteiger charge is -2.39. The minimum Gasteiger partial charge on any atom is -0.481 e. The summed E-state index contributed by atoms with van der Waals surface area (Å²) in [4.78, 5) is 49.2. The van der Waals surface area contributed by atoms with Crippen LogP contribution in [0.4, 0.5) is 0 Å². The third-order valence-corrected chi connectivity index (χ3v) is 11.5. The molecule has 3 aromatic rings. The SMILES string of the molecule is CCCC1CCC([C@H]2CC=C(c3cnc(-c4ccc(C[C@H](NC(=O)c5ccc(C(C)(C)C)cc5)C(=O)N5CC(C(=O)O)C5)cc4)nc3)CC2)CC1. The van der Waals surface area contributed by atoms with Gasteiger partial charge in [-0.15, -0.1) is 0 Å². The molecule has 3 aliphatic rings. The Bertz CT molecular complexity index is 1690. The summed E-state index contributed by atoms with van der Waals surface area (Å²) >= 11 is 0. The summed E-state index contributed by atoms with van der Waals surface area (Å²) in [5.41, 5.74) is 5.73. The third-order valence-electron chi connectivity index (χ3n) is 11.5. The highest BCUT2D eigenvalue weighted by Crippen LogP contribution is 2.42. The van der Waals surface area contributed by atoms with Crippen molar-refractivity contribution in [3.8, 4) is 11.4 Å². The number of benzene rings is 2. The zero-order valence-corrected chi connectivity index (χ0v) is 30.7. The number of hydrogen-bond donors (Lipinski definition) is 2.